The lowest BCUT2D eigenvalue weighted by Crippen LogP contribution is -2.41. The first-order valence-electron chi connectivity index (χ1n) is 9.77. The van der Waals surface area contributed by atoms with Crippen LogP contribution in [0, 0.1) is 0 Å². The Morgan fingerprint density at radius 2 is 1.77 bits per heavy atom. The summed E-state index contributed by atoms with van der Waals surface area (Å²) >= 11 is 0. The fraction of sp³-hybridized carbons (Fsp3) is 0.273. The summed E-state index contributed by atoms with van der Waals surface area (Å²) < 4.78 is 35.6. The van der Waals surface area contributed by atoms with Crippen molar-refractivity contribution in [3.05, 3.63) is 64.4 Å². The number of fused-ring (bicyclic) bond motifs is 6. The van der Waals surface area contributed by atoms with Crippen LogP contribution in [0.25, 0.3) is 11.0 Å². The van der Waals surface area contributed by atoms with Crippen LogP contribution in [0.5, 0.6) is 5.75 Å². The molecule has 1 saturated heterocycles. The topological polar surface area (TPSA) is 93.9 Å². The molecule has 0 saturated carbocycles. The van der Waals surface area contributed by atoms with Crippen LogP contribution in [-0.2, 0) is 16.4 Å². The lowest BCUT2D eigenvalue weighted by molar-refractivity contribution is 0.0649. The molecule has 0 bridgehead atoms. The fourth-order valence-electron chi connectivity index (χ4n) is 4.70. The Hall–Kier alpha value is -2.97. The quantitative estimate of drug-likeness (QED) is 0.464. The molecule has 0 spiro atoms. The molecule has 2 aliphatic heterocycles. The van der Waals surface area contributed by atoms with Crippen LogP contribution in [-0.4, -0.2) is 49.2 Å². The first-order chi connectivity index (χ1) is 14.4. The first kappa shape index (κ1) is 17.9. The lowest BCUT2D eigenvalue weighted by Gasteiger charge is -2.32. The Balaban J connectivity index is 1.47. The molecule has 0 radical (unpaired) electrons. The third-order valence-electron chi connectivity index (χ3n) is 6.24. The molecule has 6 rings (SSSR count). The molecule has 2 aromatic carbocycles. The third-order valence-corrected chi connectivity index (χ3v) is 7.99. The molecule has 30 heavy (non-hydrogen) atoms. The van der Waals surface area contributed by atoms with Crippen LogP contribution in [0.4, 0.5) is 0 Å². The van der Waals surface area contributed by atoms with Gasteiger partial charge in [0.1, 0.15) is 18.1 Å². The maximum atomic E-state index is 13.1. The van der Waals surface area contributed by atoms with Crippen LogP contribution in [0.1, 0.15) is 44.0 Å². The number of nitrogens with zero attached hydrogens (tertiary/aromatic N) is 1. The smallest absolute Gasteiger partial charge is 0.229 e. The van der Waals surface area contributed by atoms with Gasteiger partial charge in [-0.1, -0.05) is 24.3 Å². The van der Waals surface area contributed by atoms with Crippen molar-refractivity contribution in [1.82, 2.24) is 4.90 Å². The van der Waals surface area contributed by atoms with Crippen molar-refractivity contribution in [3.63, 3.8) is 0 Å². The van der Waals surface area contributed by atoms with Gasteiger partial charge in [-0.2, -0.15) is 0 Å². The Morgan fingerprint density at radius 1 is 1.00 bits per heavy atom. The Kier molecular flexibility index (Phi) is 3.58. The molecule has 0 N–H and O–H groups in total. The van der Waals surface area contributed by atoms with E-state index in [9.17, 15) is 18.0 Å². The zero-order valence-electron chi connectivity index (χ0n) is 15.9. The molecule has 3 aromatic rings. The summed E-state index contributed by atoms with van der Waals surface area (Å²) in [5.74, 6) is 0.449. The number of ketones is 2. The van der Waals surface area contributed by atoms with Crippen LogP contribution in [0.3, 0.4) is 0 Å². The molecule has 1 aliphatic carbocycles. The Labute approximate surface area is 172 Å². The summed E-state index contributed by atoms with van der Waals surface area (Å²) in [6.07, 6.45) is 0.567. The minimum absolute atomic E-state index is 0.0580. The second-order valence-corrected chi connectivity index (χ2v) is 10.2. The molecule has 3 heterocycles. The lowest BCUT2D eigenvalue weighted by atomic mass is 9.87. The highest BCUT2D eigenvalue weighted by Gasteiger charge is 2.38. The maximum Gasteiger partial charge on any atom is 0.229 e. The Bertz CT molecular complexity index is 1370. The normalized spacial score (nSPS) is 22.5. The molecule has 7 nitrogen and oxygen atoms in total. The molecule has 1 atom stereocenters. The number of rotatable bonds is 1. The van der Waals surface area contributed by atoms with Crippen LogP contribution < -0.4 is 4.74 Å². The highest BCUT2D eigenvalue weighted by molar-refractivity contribution is 7.91. The molecule has 1 aromatic heterocycles. The van der Waals surface area contributed by atoms with Gasteiger partial charge >= 0.3 is 0 Å². The van der Waals surface area contributed by atoms with E-state index in [-0.39, 0.29) is 40.4 Å². The molecule has 3 aliphatic rings. The summed E-state index contributed by atoms with van der Waals surface area (Å²) in [4.78, 5) is 28.1. The minimum Gasteiger partial charge on any atom is -0.478 e. The highest BCUT2D eigenvalue weighted by Crippen LogP contribution is 2.41. The molecule has 8 heteroatoms. The Morgan fingerprint density at radius 3 is 2.50 bits per heavy atom. The van der Waals surface area contributed by atoms with Gasteiger partial charge in [0, 0.05) is 29.1 Å². The van der Waals surface area contributed by atoms with Gasteiger partial charge in [-0.15, -0.1) is 0 Å². The maximum absolute atomic E-state index is 13.1. The molecule has 152 valence electrons. The number of hydrogen-bond acceptors (Lipinski definition) is 7. The molecule has 0 unspecified atom stereocenters. The van der Waals surface area contributed by atoms with Crippen molar-refractivity contribution in [2.24, 2.45) is 0 Å². The standard InChI is InChI=1S/C22H17NO6S/c24-19-13-3-1-2-4-14(13)20(25)22-18(19)15-5-6-17-16(21(15)29-22)9-23(11-28-17)12-7-8-30(26,27)10-12/h1-6,12H,7-11H2/t12-/m1/s1. The average Bonchev–Trinajstić information content (AvgIpc) is 3.32. The van der Waals surface area contributed by atoms with Gasteiger partial charge in [-0.3, -0.25) is 14.5 Å². The van der Waals surface area contributed by atoms with Gasteiger partial charge in [-0.05, 0) is 18.6 Å². The molecule has 0 amide bonds. The largest absolute Gasteiger partial charge is 0.478 e. The van der Waals surface area contributed by atoms with Gasteiger partial charge < -0.3 is 9.15 Å². The average molecular weight is 423 g/mol. The van der Waals surface area contributed by atoms with E-state index in [2.05, 4.69) is 0 Å². The van der Waals surface area contributed by atoms with Crippen molar-refractivity contribution >= 4 is 32.4 Å². The van der Waals surface area contributed by atoms with Crippen molar-refractivity contribution < 1.29 is 27.2 Å². The van der Waals surface area contributed by atoms with Gasteiger partial charge in [0.15, 0.2) is 21.4 Å². The third kappa shape index (κ3) is 2.44. The SMILES string of the molecule is O=C1c2ccccc2C(=O)c2c1oc1c3c(ccc21)OCN([C@@H]1CCS(=O)(=O)C1)C3. The van der Waals surface area contributed by atoms with Crippen molar-refractivity contribution in [1.29, 1.82) is 0 Å². The van der Waals surface area contributed by atoms with Crippen LogP contribution in [0.2, 0.25) is 0 Å². The van der Waals surface area contributed by atoms with E-state index >= 15 is 0 Å². The predicted molar refractivity (Wildman–Crippen MR) is 108 cm³/mol. The monoisotopic (exact) mass is 423 g/mol. The summed E-state index contributed by atoms with van der Waals surface area (Å²) in [5.41, 5.74) is 2.21. The second-order valence-electron chi connectivity index (χ2n) is 8.01. The molecule has 1 fully saturated rings. The van der Waals surface area contributed by atoms with Crippen LogP contribution in [0.15, 0.2) is 40.8 Å². The second kappa shape index (κ2) is 6.02. The first-order valence-corrected chi connectivity index (χ1v) is 11.6. The number of ether oxygens (including phenoxy) is 1. The van der Waals surface area contributed by atoms with E-state index in [4.69, 9.17) is 9.15 Å². The highest BCUT2D eigenvalue weighted by atomic mass is 32.2. The van der Waals surface area contributed by atoms with Gasteiger partial charge in [0.2, 0.25) is 5.78 Å². The van der Waals surface area contributed by atoms with E-state index in [1.54, 1.807) is 36.4 Å². The van der Waals surface area contributed by atoms with E-state index in [0.717, 1.165) is 5.56 Å². The van der Waals surface area contributed by atoms with Crippen molar-refractivity contribution in [2.75, 3.05) is 18.2 Å². The predicted octanol–water partition coefficient (Wildman–Crippen LogP) is 2.55. The van der Waals surface area contributed by atoms with E-state index in [1.165, 1.54) is 0 Å². The number of benzene rings is 2. The number of carbonyl (C=O) groups excluding carboxylic acids is 2. The molecular formula is C22H17NO6S. The number of carbonyl (C=O) groups is 2. The summed E-state index contributed by atoms with van der Waals surface area (Å²) in [5, 5.41) is 0.584. The van der Waals surface area contributed by atoms with E-state index in [0.29, 0.717) is 47.5 Å². The number of hydrogen-bond donors (Lipinski definition) is 0. The fourth-order valence-corrected chi connectivity index (χ4v) is 6.47. The summed E-state index contributed by atoms with van der Waals surface area (Å²) in [6, 6.07) is 10.2. The van der Waals surface area contributed by atoms with Crippen LogP contribution >= 0.6 is 0 Å². The minimum atomic E-state index is -3.02. The summed E-state index contributed by atoms with van der Waals surface area (Å²) in [6.45, 7) is 0.733. The van der Waals surface area contributed by atoms with Gasteiger partial charge in [0.05, 0.1) is 22.6 Å². The summed E-state index contributed by atoms with van der Waals surface area (Å²) in [7, 11) is -3.02. The van der Waals surface area contributed by atoms with E-state index < -0.39 is 9.84 Å². The zero-order chi connectivity index (χ0) is 20.6. The zero-order valence-corrected chi connectivity index (χ0v) is 16.7. The van der Waals surface area contributed by atoms with Gasteiger partial charge in [-0.25, -0.2) is 8.42 Å². The van der Waals surface area contributed by atoms with Gasteiger partial charge in [0.25, 0.3) is 0 Å². The van der Waals surface area contributed by atoms with Crippen molar-refractivity contribution in [2.45, 2.75) is 19.0 Å². The molecular weight excluding hydrogens is 406 g/mol. The van der Waals surface area contributed by atoms with Crippen molar-refractivity contribution in [3.8, 4) is 5.75 Å². The number of sulfone groups is 1. The van der Waals surface area contributed by atoms with E-state index in [1.807, 2.05) is 4.90 Å². The number of furan rings is 1.